The molecule has 1 aromatic carbocycles. The van der Waals surface area contributed by atoms with Gasteiger partial charge in [-0.3, -0.25) is 14.4 Å². The Morgan fingerprint density at radius 3 is 2.52 bits per heavy atom. The number of rotatable bonds is 13. The SMILES string of the molecule is CCCCCCCCCCOC(=O)Oc1c2n(cc(C(=O)NCc3ccc(F)cc3F)c1=O)[C@@H]1CN(C2=O)[C@@H](C)CC[C@]12CC(C)=NO2. The van der Waals surface area contributed by atoms with Crippen molar-refractivity contribution in [2.75, 3.05) is 13.2 Å². The fraction of sp³-hybridized carbons (Fsp3) is 0.571. The van der Waals surface area contributed by atoms with Gasteiger partial charge in [-0.1, -0.05) is 63.1 Å². The second-order valence-corrected chi connectivity index (χ2v) is 13.1. The number of ether oxygens (including phenoxy) is 2. The van der Waals surface area contributed by atoms with Crippen molar-refractivity contribution in [2.45, 2.75) is 116 Å². The number of benzene rings is 1. The lowest BCUT2D eigenvalue weighted by Crippen LogP contribution is -2.52. The summed E-state index contributed by atoms with van der Waals surface area (Å²) < 4.78 is 40.0. The molecule has 2 bridgehead atoms. The van der Waals surface area contributed by atoms with Crippen LogP contribution in [0.1, 0.15) is 124 Å². The first-order valence-electron chi connectivity index (χ1n) is 16.9. The van der Waals surface area contributed by atoms with E-state index in [1.54, 1.807) is 4.90 Å². The fourth-order valence-electron chi connectivity index (χ4n) is 6.81. The van der Waals surface area contributed by atoms with E-state index in [4.69, 9.17) is 14.3 Å². The minimum atomic E-state index is -1.17. The van der Waals surface area contributed by atoms with Gasteiger partial charge in [0, 0.05) is 43.4 Å². The molecule has 0 saturated carbocycles. The van der Waals surface area contributed by atoms with E-state index in [2.05, 4.69) is 17.4 Å². The predicted molar refractivity (Wildman–Crippen MR) is 173 cm³/mol. The minimum absolute atomic E-state index is 0.00155. The van der Waals surface area contributed by atoms with Gasteiger partial charge in [-0.15, -0.1) is 0 Å². The Kier molecular flexibility index (Phi) is 11.2. The van der Waals surface area contributed by atoms with E-state index in [9.17, 15) is 28.0 Å². The monoisotopic (exact) mass is 670 g/mol. The lowest BCUT2D eigenvalue weighted by Gasteiger charge is -2.42. The number of nitrogens with one attached hydrogen (secondary N) is 1. The number of hydrogen-bond donors (Lipinski definition) is 1. The Balaban J connectivity index is 1.43. The summed E-state index contributed by atoms with van der Waals surface area (Å²) in [5.74, 6) is -3.70. The molecular formula is C35H44F2N4O7. The summed E-state index contributed by atoms with van der Waals surface area (Å²) in [6.45, 7) is 5.83. The molecule has 4 heterocycles. The molecule has 13 heteroatoms. The zero-order valence-corrected chi connectivity index (χ0v) is 27.8. The Bertz CT molecular complexity index is 1630. The summed E-state index contributed by atoms with van der Waals surface area (Å²) in [4.78, 5) is 62.0. The molecule has 11 nitrogen and oxygen atoms in total. The van der Waals surface area contributed by atoms with Crippen molar-refractivity contribution in [1.82, 2.24) is 14.8 Å². The number of amides is 2. The highest BCUT2D eigenvalue weighted by molar-refractivity contribution is 6.00. The van der Waals surface area contributed by atoms with Gasteiger partial charge < -0.3 is 29.1 Å². The van der Waals surface area contributed by atoms with E-state index >= 15 is 0 Å². The molecule has 5 rings (SSSR count). The smallest absolute Gasteiger partial charge is 0.434 e. The van der Waals surface area contributed by atoms with Crippen LogP contribution in [0, 0.1) is 11.6 Å². The number of nitrogens with zero attached hydrogens (tertiary/aromatic N) is 3. The van der Waals surface area contributed by atoms with E-state index in [1.807, 2.05) is 13.8 Å². The van der Waals surface area contributed by atoms with Crippen molar-refractivity contribution in [3.8, 4) is 5.75 Å². The van der Waals surface area contributed by atoms with Crippen LogP contribution in [0.5, 0.6) is 5.75 Å². The van der Waals surface area contributed by atoms with Gasteiger partial charge in [0.15, 0.2) is 11.3 Å². The van der Waals surface area contributed by atoms with Crippen LogP contribution < -0.4 is 15.5 Å². The lowest BCUT2D eigenvalue weighted by atomic mass is 9.84. The Hall–Kier alpha value is -4.29. The van der Waals surface area contributed by atoms with Crippen molar-refractivity contribution in [1.29, 1.82) is 0 Å². The van der Waals surface area contributed by atoms with Crippen LogP contribution in [0.25, 0.3) is 0 Å². The van der Waals surface area contributed by atoms with E-state index < -0.39 is 58.0 Å². The van der Waals surface area contributed by atoms with Crippen LogP contribution in [0.3, 0.4) is 0 Å². The molecule has 1 aromatic heterocycles. The molecule has 2 aromatic rings. The van der Waals surface area contributed by atoms with Gasteiger partial charge in [-0.25, -0.2) is 13.6 Å². The summed E-state index contributed by atoms with van der Waals surface area (Å²) in [6, 6.07) is 2.12. The van der Waals surface area contributed by atoms with Crippen LogP contribution in [0.15, 0.2) is 34.3 Å². The van der Waals surface area contributed by atoms with Gasteiger partial charge in [0.2, 0.25) is 11.2 Å². The molecule has 2 amide bonds. The van der Waals surface area contributed by atoms with Crippen LogP contribution >= 0.6 is 0 Å². The van der Waals surface area contributed by atoms with Crippen LogP contribution in [0.4, 0.5) is 13.6 Å². The van der Waals surface area contributed by atoms with Gasteiger partial charge in [-0.05, 0) is 39.2 Å². The van der Waals surface area contributed by atoms with Gasteiger partial charge in [0.25, 0.3) is 11.8 Å². The van der Waals surface area contributed by atoms with Gasteiger partial charge in [0.1, 0.15) is 17.2 Å². The molecule has 1 fully saturated rings. The van der Waals surface area contributed by atoms with Crippen molar-refractivity contribution in [3.63, 3.8) is 0 Å². The highest BCUT2D eigenvalue weighted by atomic mass is 19.1. The quantitative estimate of drug-likeness (QED) is 0.192. The van der Waals surface area contributed by atoms with E-state index in [0.717, 1.165) is 37.5 Å². The molecule has 1 N–H and O–H groups in total. The molecule has 1 saturated heterocycles. The minimum Gasteiger partial charge on any atom is -0.434 e. The largest absolute Gasteiger partial charge is 0.514 e. The third-order valence-corrected chi connectivity index (χ3v) is 9.53. The molecule has 48 heavy (non-hydrogen) atoms. The van der Waals surface area contributed by atoms with Gasteiger partial charge in [-0.2, -0.15) is 0 Å². The highest BCUT2D eigenvalue weighted by Gasteiger charge is 2.54. The van der Waals surface area contributed by atoms with Crippen molar-refractivity contribution >= 4 is 23.7 Å². The first-order chi connectivity index (χ1) is 23.0. The van der Waals surface area contributed by atoms with Crippen LogP contribution in [-0.4, -0.2) is 57.9 Å². The fourth-order valence-corrected chi connectivity index (χ4v) is 6.81. The zero-order valence-electron chi connectivity index (χ0n) is 27.8. The zero-order chi connectivity index (χ0) is 34.4. The Labute approximate surface area is 278 Å². The molecular weight excluding hydrogens is 626 g/mol. The van der Waals surface area contributed by atoms with Crippen molar-refractivity contribution in [2.24, 2.45) is 5.16 Å². The van der Waals surface area contributed by atoms with Crippen molar-refractivity contribution < 1.29 is 37.5 Å². The molecule has 3 atom stereocenters. The number of carbonyl (C=O) groups is 3. The topological polar surface area (TPSA) is 129 Å². The molecule has 1 spiro atoms. The number of aromatic nitrogens is 1. The molecule has 260 valence electrons. The number of carbonyl (C=O) groups excluding carboxylic acids is 3. The molecule has 3 aliphatic heterocycles. The van der Waals surface area contributed by atoms with E-state index in [-0.39, 0.29) is 37.0 Å². The summed E-state index contributed by atoms with van der Waals surface area (Å²) in [7, 11) is 0. The van der Waals surface area contributed by atoms with Gasteiger partial charge in [0.05, 0.1) is 18.4 Å². The first kappa shape index (κ1) is 35.0. The highest BCUT2D eigenvalue weighted by Crippen LogP contribution is 2.46. The van der Waals surface area contributed by atoms with Crippen molar-refractivity contribution in [3.05, 3.63) is 63.1 Å². The van der Waals surface area contributed by atoms with Crippen LogP contribution in [-0.2, 0) is 16.1 Å². The van der Waals surface area contributed by atoms with Crippen LogP contribution in [0.2, 0.25) is 0 Å². The summed E-state index contributed by atoms with van der Waals surface area (Å²) in [5, 5.41) is 6.70. The second-order valence-electron chi connectivity index (χ2n) is 13.1. The number of pyridine rings is 1. The average molecular weight is 671 g/mol. The molecule has 0 aliphatic carbocycles. The lowest BCUT2D eigenvalue weighted by molar-refractivity contribution is -0.0655. The van der Waals surface area contributed by atoms with E-state index in [1.165, 1.54) is 36.1 Å². The summed E-state index contributed by atoms with van der Waals surface area (Å²) >= 11 is 0. The molecule has 0 radical (unpaired) electrons. The Morgan fingerprint density at radius 1 is 1.10 bits per heavy atom. The third kappa shape index (κ3) is 7.55. The standard InChI is InChI=1S/C35H44F2N4O7/c1-4-5-6-7-8-9-10-11-16-46-34(45)47-31-29-33(44)40-21-28(35(15-14-23(40)3)18-22(2)39-48-35)41(29)20-26(30(31)42)32(43)38-19-24-12-13-25(36)17-27(24)37/h12-13,17,20,23,28H,4-11,14-16,18-19,21H2,1-3H3,(H,38,43)/t23-,28+,35-/m0/s1. The first-order valence-corrected chi connectivity index (χ1v) is 16.9. The van der Waals surface area contributed by atoms with E-state index in [0.29, 0.717) is 31.7 Å². The number of oxime groups is 1. The molecule has 0 unspecified atom stereocenters. The summed E-state index contributed by atoms with van der Waals surface area (Å²) in [6.07, 6.45) is 10.0. The van der Waals surface area contributed by atoms with Gasteiger partial charge >= 0.3 is 6.16 Å². The second kappa shape index (κ2) is 15.3. The maximum atomic E-state index is 14.3. The number of fused-ring (bicyclic) bond motifs is 5. The molecule has 3 aliphatic rings. The average Bonchev–Trinajstić information content (AvgIpc) is 3.38. The number of unbranched alkanes of at least 4 members (excludes halogenated alkanes) is 7. The number of hydrogen-bond acceptors (Lipinski definition) is 8. The maximum absolute atomic E-state index is 14.3. The number of halogens is 2. The Morgan fingerprint density at radius 2 is 1.83 bits per heavy atom. The third-order valence-electron chi connectivity index (χ3n) is 9.53. The normalized spacial score (nSPS) is 21.3. The summed E-state index contributed by atoms with van der Waals surface area (Å²) in [5.41, 5.74) is -1.75. The maximum Gasteiger partial charge on any atom is 0.514 e. The predicted octanol–water partition coefficient (Wildman–Crippen LogP) is 6.43.